The first-order valence-corrected chi connectivity index (χ1v) is 6.61. The van der Waals surface area contributed by atoms with Gasteiger partial charge in [0.25, 0.3) is 10.0 Å². The smallest absolute Gasteiger partial charge is 0.326 e. The van der Waals surface area contributed by atoms with Gasteiger partial charge < -0.3 is 4.74 Å². The molecule has 0 radical (unpaired) electrons. The van der Waals surface area contributed by atoms with Crippen LogP contribution in [0.3, 0.4) is 0 Å². The first-order valence-electron chi connectivity index (χ1n) is 5.17. The maximum absolute atomic E-state index is 12.2. The van der Waals surface area contributed by atoms with Gasteiger partial charge in [0, 0.05) is 0 Å². The fourth-order valence-electron chi connectivity index (χ4n) is 1.76. The predicted molar refractivity (Wildman–Crippen MR) is 61.1 cm³/mol. The summed E-state index contributed by atoms with van der Waals surface area (Å²) in [6, 6.07) is 6.24. The van der Waals surface area contributed by atoms with E-state index < -0.39 is 28.4 Å². The van der Waals surface area contributed by atoms with Gasteiger partial charge in [-0.15, -0.1) is 0 Å². The number of amides is 1. The standard InChI is InChI=1S/C11H11NO5S/c1-17-11(14)7-12-10(13)6-8-4-2-3-5-9(8)18(12,15)16/h2-5H,6-7H2,1H3. The lowest BCUT2D eigenvalue weighted by molar-refractivity contribution is -0.144. The summed E-state index contributed by atoms with van der Waals surface area (Å²) in [6.07, 6.45) is -0.0353. The molecule has 0 aliphatic carbocycles. The first kappa shape index (κ1) is 12.6. The van der Waals surface area contributed by atoms with E-state index >= 15 is 0 Å². The highest BCUT2D eigenvalue weighted by Gasteiger charge is 2.37. The Kier molecular flexibility index (Phi) is 3.08. The minimum atomic E-state index is -3.95. The van der Waals surface area contributed by atoms with E-state index in [9.17, 15) is 18.0 Å². The second kappa shape index (κ2) is 4.41. The largest absolute Gasteiger partial charge is 0.468 e. The molecule has 0 atom stereocenters. The zero-order valence-electron chi connectivity index (χ0n) is 9.62. The number of carbonyl (C=O) groups excluding carboxylic acids is 2. The van der Waals surface area contributed by atoms with Crippen molar-refractivity contribution in [2.45, 2.75) is 11.3 Å². The van der Waals surface area contributed by atoms with Crippen molar-refractivity contribution in [3.8, 4) is 0 Å². The summed E-state index contributed by atoms with van der Waals surface area (Å²) in [7, 11) is -2.82. The number of rotatable bonds is 2. The Balaban J connectivity index is 2.47. The maximum Gasteiger partial charge on any atom is 0.326 e. The van der Waals surface area contributed by atoms with Crippen molar-refractivity contribution in [1.82, 2.24) is 4.31 Å². The van der Waals surface area contributed by atoms with Crippen LogP contribution in [0.25, 0.3) is 0 Å². The molecule has 0 aromatic heterocycles. The molecule has 0 unspecified atom stereocenters. The fraction of sp³-hybridized carbons (Fsp3) is 0.273. The van der Waals surface area contributed by atoms with Crippen LogP contribution in [0.2, 0.25) is 0 Å². The van der Waals surface area contributed by atoms with Crippen LogP contribution in [0.1, 0.15) is 5.56 Å². The van der Waals surface area contributed by atoms with Gasteiger partial charge in [-0.25, -0.2) is 12.7 Å². The maximum atomic E-state index is 12.2. The molecule has 6 nitrogen and oxygen atoms in total. The lowest BCUT2D eigenvalue weighted by Crippen LogP contribution is -2.44. The summed E-state index contributed by atoms with van der Waals surface area (Å²) in [5.74, 6) is -1.40. The summed E-state index contributed by atoms with van der Waals surface area (Å²) in [5, 5.41) is 0. The molecule has 1 aliphatic rings. The van der Waals surface area contributed by atoms with Gasteiger partial charge >= 0.3 is 5.97 Å². The zero-order chi connectivity index (χ0) is 13.3. The SMILES string of the molecule is COC(=O)CN1C(=O)Cc2ccccc2S1(=O)=O. The minimum absolute atomic E-state index is 0.0353. The minimum Gasteiger partial charge on any atom is -0.468 e. The average molecular weight is 269 g/mol. The third kappa shape index (κ3) is 1.97. The van der Waals surface area contributed by atoms with E-state index in [0.717, 1.165) is 7.11 Å². The highest BCUT2D eigenvalue weighted by Crippen LogP contribution is 2.26. The summed E-state index contributed by atoms with van der Waals surface area (Å²) in [4.78, 5) is 23.0. The van der Waals surface area contributed by atoms with Crippen molar-refractivity contribution in [2.75, 3.05) is 13.7 Å². The molecule has 18 heavy (non-hydrogen) atoms. The van der Waals surface area contributed by atoms with Crippen molar-refractivity contribution >= 4 is 21.9 Å². The summed E-state index contributed by atoms with van der Waals surface area (Å²) in [6.45, 7) is -0.591. The molecule has 7 heteroatoms. The molecular weight excluding hydrogens is 258 g/mol. The molecule has 1 aliphatic heterocycles. The normalized spacial score (nSPS) is 17.2. The fourth-order valence-corrected chi connectivity index (χ4v) is 3.33. The van der Waals surface area contributed by atoms with E-state index in [1.807, 2.05) is 0 Å². The molecule has 0 spiro atoms. The summed E-state index contributed by atoms with van der Waals surface area (Å²) >= 11 is 0. The number of fused-ring (bicyclic) bond motifs is 1. The van der Waals surface area contributed by atoms with Crippen molar-refractivity contribution in [1.29, 1.82) is 0 Å². The van der Waals surface area contributed by atoms with Gasteiger partial charge in [0.2, 0.25) is 5.91 Å². The Labute approximate surface area is 104 Å². The Morgan fingerprint density at radius 1 is 1.39 bits per heavy atom. The van der Waals surface area contributed by atoms with Crippen LogP contribution in [-0.4, -0.2) is 38.3 Å². The van der Waals surface area contributed by atoms with Crippen LogP contribution in [-0.2, 0) is 30.8 Å². The number of ether oxygens (including phenoxy) is 1. The molecule has 2 rings (SSSR count). The van der Waals surface area contributed by atoms with Crippen molar-refractivity contribution in [3.05, 3.63) is 29.8 Å². The van der Waals surface area contributed by atoms with Crippen molar-refractivity contribution < 1.29 is 22.7 Å². The topological polar surface area (TPSA) is 80.8 Å². The molecule has 96 valence electrons. The van der Waals surface area contributed by atoms with Gasteiger partial charge in [-0.05, 0) is 11.6 Å². The molecule has 0 fully saturated rings. The second-order valence-corrected chi connectivity index (χ2v) is 5.60. The quantitative estimate of drug-likeness (QED) is 0.702. The molecule has 0 bridgehead atoms. The number of hydrogen-bond donors (Lipinski definition) is 0. The van der Waals surface area contributed by atoms with Crippen molar-refractivity contribution in [2.24, 2.45) is 0 Å². The zero-order valence-corrected chi connectivity index (χ0v) is 10.4. The average Bonchev–Trinajstić information content (AvgIpc) is 2.34. The van der Waals surface area contributed by atoms with E-state index in [0.29, 0.717) is 9.87 Å². The van der Waals surface area contributed by atoms with Gasteiger partial charge in [-0.3, -0.25) is 9.59 Å². The Morgan fingerprint density at radius 3 is 2.72 bits per heavy atom. The molecule has 1 aromatic carbocycles. The number of esters is 1. The number of methoxy groups -OCH3 is 1. The lowest BCUT2D eigenvalue weighted by atomic mass is 10.1. The molecule has 1 heterocycles. The third-order valence-corrected chi connectivity index (χ3v) is 4.53. The molecular formula is C11H11NO5S. The van der Waals surface area contributed by atoms with E-state index in [4.69, 9.17) is 0 Å². The summed E-state index contributed by atoms with van der Waals surface area (Å²) < 4.78 is 29.3. The Hall–Kier alpha value is -1.89. The first-order chi connectivity index (χ1) is 8.46. The van der Waals surface area contributed by atoms with Gasteiger partial charge in [0.15, 0.2) is 0 Å². The van der Waals surface area contributed by atoms with Crippen LogP contribution in [0.5, 0.6) is 0 Å². The monoisotopic (exact) mass is 269 g/mol. The van der Waals surface area contributed by atoms with Gasteiger partial charge in [-0.2, -0.15) is 0 Å². The van der Waals surface area contributed by atoms with Gasteiger partial charge in [0.05, 0.1) is 18.4 Å². The predicted octanol–water partition coefficient (Wildman–Crippen LogP) is -0.0670. The van der Waals surface area contributed by atoms with Crippen LogP contribution in [0.4, 0.5) is 0 Å². The third-order valence-electron chi connectivity index (χ3n) is 2.66. The Morgan fingerprint density at radius 2 is 2.06 bits per heavy atom. The van der Waals surface area contributed by atoms with Gasteiger partial charge in [0.1, 0.15) is 6.54 Å². The molecule has 0 saturated heterocycles. The molecule has 0 saturated carbocycles. The van der Waals surface area contributed by atoms with E-state index in [2.05, 4.69) is 4.74 Å². The van der Waals surface area contributed by atoms with E-state index in [1.165, 1.54) is 6.07 Å². The number of sulfonamides is 1. The van der Waals surface area contributed by atoms with Crippen LogP contribution >= 0.6 is 0 Å². The Bertz CT molecular complexity index is 608. The number of nitrogens with zero attached hydrogens (tertiary/aromatic N) is 1. The number of hydrogen-bond acceptors (Lipinski definition) is 5. The van der Waals surface area contributed by atoms with Crippen LogP contribution in [0, 0.1) is 0 Å². The number of benzene rings is 1. The van der Waals surface area contributed by atoms with E-state index in [1.54, 1.807) is 18.2 Å². The summed E-state index contributed by atoms with van der Waals surface area (Å²) in [5.41, 5.74) is 0.448. The van der Waals surface area contributed by atoms with Crippen LogP contribution < -0.4 is 0 Å². The number of carbonyl (C=O) groups is 2. The second-order valence-electron chi connectivity index (χ2n) is 3.77. The molecule has 0 N–H and O–H groups in total. The molecule has 1 aromatic rings. The highest BCUT2D eigenvalue weighted by atomic mass is 32.2. The highest BCUT2D eigenvalue weighted by molar-refractivity contribution is 7.89. The van der Waals surface area contributed by atoms with Crippen molar-refractivity contribution in [3.63, 3.8) is 0 Å². The lowest BCUT2D eigenvalue weighted by Gasteiger charge is -2.27. The van der Waals surface area contributed by atoms with Gasteiger partial charge in [-0.1, -0.05) is 18.2 Å². The van der Waals surface area contributed by atoms with Crippen LogP contribution in [0.15, 0.2) is 29.2 Å². The van der Waals surface area contributed by atoms with E-state index in [-0.39, 0.29) is 11.3 Å². The molecule has 1 amide bonds.